The van der Waals surface area contributed by atoms with Crippen molar-refractivity contribution in [1.82, 2.24) is 5.32 Å². The second-order valence-corrected chi connectivity index (χ2v) is 4.44. The lowest BCUT2D eigenvalue weighted by Crippen LogP contribution is -2.44. The topological polar surface area (TPSA) is 64.4 Å². The number of hydrogen-bond acceptors (Lipinski definition) is 3. The van der Waals surface area contributed by atoms with Gasteiger partial charge in [-0.1, -0.05) is 25.1 Å². The highest BCUT2D eigenvalue weighted by atomic mass is 16.5. The summed E-state index contributed by atoms with van der Waals surface area (Å²) in [6.07, 6.45) is 1.37. The summed E-state index contributed by atoms with van der Waals surface area (Å²) in [4.78, 5) is 11.7. The minimum Gasteiger partial charge on any atom is -0.496 e. The zero-order valence-electron chi connectivity index (χ0n) is 11.3. The highest BCUT2D eigenvalue weighted by molar-refractivity contribution is 5.81. The maximum Gasteiger partial charge on any atom is 0.237 e. The van der Waals surface area contributed by atoms with Gasteiger partial charge in [-0.15, -0.1) is 0 Å². The van der Waals surface area contributed by atoms with E-state index >= 15 is 0 Å². The average Bonchev–Trinajstić information content (AvgIpc) is 2.38. The quantitative estimate of drug-likeness (QED) is 0.803. The molecule has 0 radical (unpaired) electrons. The lowest BCUT2D eigenvalue weighted by atomic mass is 10.1. The highest BCUT2D eigenvalue weighted by Crippen LogP contribution is 2.18. The van der Waals surface area contributed by atoms with Crippen LogP contribution in [0, 0.1) is 0 Å². The molecule has 0 heterocycles. The van der Waals surface area contributed by atoms with Crippen molar-refractivity contribution >= 4 is 5.91 Å². The minimum atomic E-state index is -0.426. The van der Waals surface area contributed by atoms with E-state index in [0.717, 1.165) is 17.7 Å². The Labute approximate surface area is 109 Å². The standard InChI is InChI=1S/C14H22N2O2/c1-4-12(15)14(17)16-10(2)9-11-7-5-6-8-13(11)18-3/h5-8,10,12H,4,9,15H2,1-3H3,(H,16,17)/t10?,12-/m0/s1. The normalized spacial score (nSPS) is 13.8. The molecular weight excluding hydrogens is 228 g/mol. The molecule has 0 saturated carbocycles. The van der Waals surface area contributed by atoms with Crippen molar-refractivity contribution in [3.63, 3.8) is 0 Å². The molecule has 4 heteroatoms. The van der Waals surface area contributed by atoms with Crippen molar-refractivity contribution in [3.05, 3.63) is 29.8 Å². The Morgan fingerprint density at radius 3 is 2.72 bits per heavy atom. The molecule has 1 rings (SSSR count). The lowest BCUT2D eigenvalue weighted by molar-refractivity contribution is -0.123. The SMILES string of the molecule is CC[C@H](N)C(=O)NC(C)Cc1ccccc1OC. The molecule has 1 aromatic carbocycles. The van der Waals surface area contributed by atoms with Crippen LogP contribution in [0.5, 0.6) is 5.75 Å². The number of carbonyl (C=O) groups is 1. The van der Waals surface area contributed by atoms with Crippen LogP contribution in [-0.2, 0) is 11.2 Å². The summed E-state index contributed by atoms with van der Waals surface area (Å²) in [5.41, 5.74) is 6.76. The van der Waals surface area contributed by atoms with Gasteiger partial charge in [0.25, 0.3) is 0 Å². The van der Waals surface area contributed by atoms with E-state index in [4.69, 9.17) is 10.5 Å². The Bertz CT molecular complexity index is 393. The largest absolute Gasteiger partial charge is 0.496 e. The van der Waals surface area contributed by atoms with Gasteiger partial charge < -0.3 is 15.8 Å². The maximum absolute atomic E-state index is 11.7. The van der Waals surface area contributed by atoms with Crippen molar-refractivity contribution in [2.24, 2.45) is 5.73 Å². The van der Waals surface area contributed by atoms with E-state index in [9.17, 15) is 4.79 Å². The first kappa shape index (κ1) is 14.5. The predicted molar refractivity (Wildman–Crippen MR) is 72.6 cm³/mol. The average molecular weight is 250 g/mol. The molecule has 18 heavy (non-hydrogen) atoms. The van der Waals surface area contributed by atoms with Gasteiger partial charge in [0.2, 0.25) is 5.91 Å². The first-order valence-corrected chi connectivity index (χ1v) is 6.26. The number of rotatable bonds is 6. The summed E-state index contributed by atoms with van der Waals surface area (Å²) in [6.45, 7) is 3.86. The number of para-hydroxylation sites is 1. The van der Waals surface area contributed by atoms with Gasteiger partial charge in [0.15, 0.2) is 0 Å². The summed E-state index contributed by atoms with van der Waals surface area (Å²) >= 11 is 0. The zero-order valence-corrected chi connectivity index (χ0v) is 11.3. The lowest BCUT2D eigenvalue weighted by Gasteiger charge is -2.18. The molecule has 1 unspecified atom stereocenters. The molecule has 0 bridgehead atoms. The van der Waals surface area contributed by atoms with Gasteiger partial charge >= 0.3 is 0 Å². The fourth-order valence-electron chi connectivity index (χ4n) is 1.79. The Morgan fingerprint density at radius 2 is 2.11 bits per heavy atom. The van der Waals surface area contributed by atoms with Gasteiger partial charge in [0.05, 0.1) is 13.2 Å². The predicted octanol–water partition coefficient (Wildman–Crippen LogP) is 1.48. The van der Waals surface area contributed by atoms with Gasteiger partial charge in [-0.2, -0.15) is 0 Å². The molecule has 4 nitrogen and oxygen atoms in total. The Kier molecular flexibility index (Phi) is 5.65. The third kappa shape index (κ3) is 4.04. The molecule has 1 aromatic rings. The molecule has 0 aliphatic rings. The van der Waals surface area contributed by atoms with Crippen LogP contribution in [0.1, 0.15) is 25.8 Å². The molecule has 0 spiro atoms. The van der Waals surface area contributed by atoms with Crippen LogP contribution in [0.3, 0.4) is 0 Å². The third-order valence-electron chi connectivity index (χ3n) is 2.88. The number of methoxy groups -OCH3 is 1. The second-order valence-electron chi connectivity index (χ2n) is 4.44. The number of nitrogens with one attached hydrogen (secondary N) is 1. The maximum atomic E-state index is 11.7. The molecule has 0 aliphatic heterocycles. The first-order valence-electron chi connectivity index (χ1n) is 6.26. The first-order chi connectivity index (χ1) is 8.58. The molecular formula is C14H22N2O2. The number of ether oxygens (including phenoxy) is 1. The van der Waals surface area contributed by atoms with Gasteiger partial charge in [-0.3, -0.25) is 4.79 Å². The molecule has 0 saturated heterocycles. The zero-order chi connectivity index (χ0) is 13.5. The number of benzene rings is 1. The van der Waals surface area contributed by atoms with Crippen molar-refractivity contribution < 1.29 is 9.53 Å². The fourth-order valence-corrected chi connectivity index (χ4v) is 1.79. The summed E-state index contributed by atoms with van der Waals surface area (Å²) in [6, 6.07) is 7.42. The number of amides is 1. The van der Waals surface area contributed by atoms with E-state index in [1.165, 1.54) is 0 Å². The van der Waals surface area contributed by atoms with Crippen molar-refractivity contribution in [1.29, 1.82) is 0 Å². The van der Waals surface area contributed by atoms with Crippen LogP contribution >= 0.6 is 0 Å². The van der Waals surface area contributed by atoms with Crippen molar-refractivity contribution in [2.45, 2.75) is 38.8 Å². The van der Waals surface area contributed by atoms with Crippen LogP contribution in [-0.4, -0.2) is 25.1 Å². The molecule has 100 valence electrons. The Hall–Kier alpha value is -1.55. The Balaban J connectivity index is 2.59. The summed E-state index contributed by atoms with van der Waals surface area (Å²) in [5.74, 6) is 0.748. The van der Waals surface area contributed by atoms with Gasteiger partial charge in [0.1, 0.15) is 5.75 Å². The summed E-state index contributed by atoms with van der Waals surface area (Å²) in [5, 5.41) is 2.91. The van der Waals surface area contributed by atoms with E-state index in [1.807, 2.05) is 38.1 Å². The molecule has 0 aromatic heterocycles. The Morgan fingerprint density at radius 1 is 1.44 bits per heavy atom. The monoisotopic (exact) mass is 250 g/mol. The van der Waals surface area contributed by atoms with E-state index in [0.29, 0.717) is 6.42 Å². The molecule has 3 N–H and O–H groups in total. The van der Waals surface area contributed by atoms with Crippen LogP contribution in [0.4, 0.5) is 0 Å². The number of carbonyl (C=O) groups excluding carboxylic acids is 1. The third-order valence-corrected chi connectivity index (χ3v) is 2.88. The second kappa shape index (κ2) is 7.01. The molecule has 0 fully saturated rings. The van der Waals surface area contributed by atoms with Gasteiger partial charge in [-0.05, 0) is 31.4 Å². The molecule has 1 amide bonds. The fraction of sp³-hybridized carbons (Fsp3) is 0.500. The highest BCUT2D eigenvalue weighted by Gasteiger charge is 2.15. The van der Waals surface area contributed by atoms with Crippen LogP contribution in [0.25, 0.3) is 0 Å². The van der Waals surface area contributed by atoms with Crippen molar-refractivity contribution in [2.75, 3.05) is 7.11 Å². The van der Waals surface area contributed by atoms with Gasteiger partial charge in [-0.25, -0.2) is 0 Å². The summed E-state index contributed by atoms with van der Waals surface area (Å²) < 4.78 is 5.28. The molecule has 0 aliphatic carbocycles. The van der Waals surface area contributed by atoms with Crippen molar-refractivity contribution in [3.8, 4) is 5.75 Å². The minimum absolute atomic E-state index is 0.0337. The number of hydrogen-bond donors (Lipinski definition) is 2. The van der Waals surface area contributed by atoms with E-state index in [-0.39, 0.29) is 11.9 Å². The van der Waals surface area contributed by atoms with Crippen LogP contribution in [0.2, 0.25) is 0 Å². The smallest absolute Gasteiger partial charge is 0.237 e. The van der Waals surface area contributed by atoms with E-state index in [1.54, 1.807) is 7.11 Å². The van der Waals surface area contributed by atoms with Gasteiger partial charge in [0, 0.05) is 6.04 Å². The molecule has 2 atom stereocenters. The van der Waals surface area contributed by atoms with E-state index in [2.05, 4.69) is 5.32 Å². The van der Waals surface area contributed by atoms with E-state index < -0.39 is 6.04 Å². The van der Waals surface area contributed by atoms with Crippen LogP contribution in [0.15, 0.2) is 24.3 Å². The summed E-state index contributed by atoms with van der Waals surface area (Å²) in [7, 11) is 1.65. The van der Waals surface area contributed by atoms with Crippen LogP contribution < -0.4 is 15.8 Å². The number of nitrogens with two attached hydrogens (primary N) is 1.